The van der Waals surface area contributed by atoms with Crippen molar-refractivity contribution >= 4 is 39.2 Å². The Balaban J connectivity index is 2.11. The van der Waals surface area contributed by atoms with Crippen LogP contribution in [0.1, 0.15) is 25.0 Å². The topological polar surface area (TPSA) is 64.0 Å². The van der Waals surface area contributed by atoms with E-state index in [2.05, 4.69) is 10.3 Å². The number of rotatable bonds is 5. The number of thiophene rings is 1. The second-order valence-electron chi connectivity index (χ2n) is 6.40. The number of aromatic nitrogens is 2. The van der Waals surface area contributed by atoms with Gasteiger partial charge in [-0.25, -0.2) is 4.98 Å². The first-order chi connectivity index (χ1) is 12.4. The molecule has 0 atom stereocenters. The Kier molecular flexibility index (Phi) is 5.48. The minimum atomic E-state index is -0.0922. The Bertz CT molecular complexity index is 1020. The summed E-state index contributed by atoms with van der Waals surface area (Å²) in [5, 5.41) is 5.27. The Morgan fingerprint density at radius 2 is 2.08 bits per heavy atom. The van der Waals surface area contributed by atoms with Gasteiger partial charge < -0.3 is 5.32 Å². The lowest BCUT2D eigenvalue weighted by molar-refractivity contribution is -0.119. The molecule has 0 radical (unpaired) electrons. The zero-order chi connectivity index (χ0) is 18.8. The highest BCUT2D eigenvalue weighted by Gasteiger charge is 2.17. The van der Waals surface area contributed by atoms with Gasteiger partial charge in [-0.15, -0.1) is 11.3 Å². The lowest BCUT2D eigenvalue weighted by Crippen LogP contribution is -2.32. The lowest BCUT2D eigenvalue weighted by atomic mass is 10.1. The third-order valence-electron chi connectivity index (χ3n) is 4.05. The van der Waals surface area contributed by atoms with Crippen molar-refractivity contribution in [1.29, 1.82) is 0 Å². The van der Waals surface area contributed by atoms with Crippen molar-refractivity contribution in [3.8, 4) is 5.69 Å². The van der Waals surface area contributed by atoms with Gasteiger partial charge in [0.2, 0.25) is 5.91 Å². The highest BCUT2D eigenvalue weighted by molar-refractivity contribution is 7.99. The van der Waals surface area contributed by atoms with Crippen LogP contribution in [0.2, 0.25) is 0 Å². The van der Waals surface area contributed by atoms with Crippen LogP contribution in [-0.2, 0) is 4.79 Å². The number of aryl methyl sites for hydroxylation is 1. The molecule has 26 heavy (non-hydrogen) atoms. The maximum atomic E-state index is 13.1. The first kappa shape index (κ1) is 18.7. The van der Waals surface area contributed by atoms with E-state index in [1.807, 2.05) is 57.3 Å². The molecular formula is C19H21N3O2S2. The molecule has 0 spiro atoms. The average Bonchev–Trinajstić information content (AvgIpc) is 3.04. The van der Waals surface area contributed by atoms with Crippen molar-refractivity contribution in [2.75, 3.05) is 5.75 Å². The summed E-state index contributed by atoms with van der Waals surface area (Å²) >= 11 is 2.67. The predicted octanol–water partition coefficient (Wildman–Crippen LogP) is 3.68. The maximum absolute atomic E-state index is 13.1. The van der Waals surface area contributed by atoms with Gasteiger partial charge in [-0.2, -0.15) is 0 Å². The molecule has 0 aliphatic heterocycles. The Hall–Kier alpha value is -2.12. The number of carbonyl (C=O) groups excluding carboxylic acids is 1. The summed E-state index contributed by atoms with van der Waals surface area (Å²) < 4.78 is 2.26. The average molecular weight is 388 g/mol. The molecule has 136 valence electrons. The molecule has 0 saturated heterocycles. The molecule has 0 bridgehead atoms. The molecule has 0 aliphatic carbocycles. The molecule has 3 aromatic rings. The summed E-state index contributed by atoms with van der Waals surface area (Å²) in [6, 6.07) is 7.79. The van der Waals surface area contributed by atoms with Gasteiger partial charge in [0.05, 0.1) is 17.0 Å². The number of nitrogens with one attached hydrogen (secondary N) is 1. The molecule has 0 unspecified atom stereocenters. The molecule has 0 fully saturated rings. The standard InChI is InChI=1S/C19H21N3O2S2/c1-11(2)20-16(23)10-26-19-21-14-8-9-25-17(14)18(24)22(19)15-7-5-6-12(3)13(15)4/h5-9,11H,10H2,1-4H3,(H,20,23). The number of fused-ring (bicyclic) bond motifs is 1. The summed E-state index contributed by atoms with van der Waals surface area (Å²) in [7, 11) is 0. The molecule has 1 aromatic carbocycles. The Labute approximate surface area is 160 Å². The number of carbonyl (C=O) groups is 1. The molecule has 3 rings (SSSR count). The van der Waals surface area contributed by atoms with Gasteiger partial charge in [0.15, 0.2) is 5.16 Å². The highest BCUT2D eigenvalue weighted by atomic mass is 32.2. The van der Waals surface area contributed by atoms with E-state index in [9.17, 15) is 9.59 Å². The van der Waals surface area contributed by atoms with E-state index >= 15 is 0 Å². The van der Waals surface area contributed by atoms with Gasteiger partial charge >= 0.3 is 0 Å². The normalized spacial score (nSPS) is 11.3. The van der Waals surface area contributed by atoms with Crippen LogP contribution in [0.4, 0.5) is 0 Å². The predicted molar refractivity (Wildman–Crippen MR) is 109 cm³/mol. The number of thioether (sulfide) groups is 1. The van der Waals surface area contributed by atoms with Crippen LogP contribution in [-0.4, -0.2) is 27.3 Å². The van der Waals surface area contributed by atoms with Crippen molar-refractivity contribution < 1.29 is 4.79 Å². The highest BCUT2D eigenvalue weighted by Crippen LogP contribution is 2.25. The van der Waals surface area contributed by atoms with Gasteiger partial charge in [-0.05, 0) is 56.3 Å². The molecular weight excluding hydrogens is 366 g/mol. The van der Waals surface area contributed by atoms with Crippen molar-refractivity contribution in [1.82, 2.24) is 14.9 Å². The number of hydrogen-bond acceptors (Lipinski definition) is 5. The monoisotopic (exact) mass is 387 g/mol. The summed E-state index contributed by atoms with van der Waals surface area (Å²) in [5.41, 5.74) is 3.53. The minimum Gasteiger partial charge on any atom is -0.353 e. The molecule has 2 aromatic heterocycles. The molecule has 2 heterocycles. The smallest absolute Gasteiger partial charge is 0.276 e. The number of amides is 1. The first-order valence-corrected chi connectivity index (χ1v) is 10.2. The fraction of sp³-hybridized carbons (Fsp3) is 0.316. The van der Waals surface area contributed by atoms with Crippen LogP contribution in [0.15, 0.2) is 39.6 Å². The molecule has 1 amide bonds. The third-order valence-corrected chi connectivity index (χ3v) is 5.88. The van der Waals surface area contributed by atoms with Crippen LogP contribution in [0.25, 0.3) is 15.9 Å². The fourth-order valence-electron chi connectivity index (χ4n) is 2.67. The van der Waals surface area contributed by atoms with Crippen LogP contribution < -0.4 is 10.9 Å². The van der Waals surface area contributed by atoms with E-state index in [4.69, 9.17) is 0 Å². The first-order valence-electron chi connectivity index (χ1n) is 8.37. The number of nitrogens with zero attached hydrogens (tertiary/aromatic N) is 2. The quantitative estimate of drug-likeness (QED) is 0.536. The summed E-state index contributed by atoms with van der Waals surface area (Å²) in [5.74, 6) is 0.141. The van der Waals surface area contributed by atoms with Crippen LogP contribution in [0, 0.1) is 13.8 Å². The maximum Gasteiger partial charge on any atom is 0.276 e. The molecule has 0 saturated carbocycles. The van der Waals surface area contributed by atoms with Crippen molar-refractivity contribution in [3.05, 3.63) is 51.1 Å². The van der Waals surface area contributed by atoms with E-state index in [1.165, 1.54) is 23.1 Å². The second kappa shape index (κ2) is 7.63. The Morgan fingerprint density at radius 3 is 2.81 bits per heavy atom. The SMILES string of the molecule is Cc1cccc(-n2c(SCC(=O)NC(C)C)nc3ccsc3c2=O)c1C. The van der Waals surface area contributed by atoms with Gasteiger partial charge in [0, 0.05) is 6.04 Å². The van der Waals surface area contributed by atoms with Gasteiger partial charge in [-0.1, -0.05) is 23.9 Å². The van der Waals surface area contributed by atoms with Crippen molar-refractivity contribution in [3.63, 3.8) is 0 Å². The zero-order valence-electron chi connectivity index (χ0n) is 15.2. The van der Waals surface area contributed by atoms with E-state index < -0.39 is 0 Å². The van der Waals surface area contributed by atoms with Crippen LogP contribution in [0.5, 0.6) is 0 Å². The lowest BCUT2D eigenvalue weighted by Gasteiger charge is -2.15. The van der Waals surface area contributed by atoms with Crippen molar-refractivity contribution in [2.45, 2.75) is 38.9 Å². The zero-order valence-corrected chi connectivity index (χ0v) is 16.8. The third kappa shape index (κ3) is 3.68. The van der Waals surface area contributed by atoms with E-state index in [0.29, 0.717) is 15.4 Å². The molecule has 0 aliphatic rings. The molecule has 5 nitrogen and oxygen atoms in total. The van der Waals surface area contributed by atoms with Crippen LogP contribution in [0.3, 0.4) is 0 Å². The van der Waals surface area contributed by atoms with Gasteiger partial charge in [0.1, 0.15) is 4.70 Å². The van der Waals surface area contributed by atoms with E-state index in [1.54, 1.807) is 4.57 Å². The fourth-order valence-corrected chi connectivity index (χ4v) is 4.25. The summed E-state index contributed by atoms with van der Waals surface area (Å²) in [6.07, 6.45) is 0. The van der Waals surface area contributed by atoms with Gasteiger partial charge in [0.25, 0.3) is 5.56 Å². The van der Waals surface area contributed by atoms with Crippen molar-refractivity contribution in [2.24, 2.45) is 0 Å². The number of hydrogen-bond donors (Lipinski definition) is 1. The number of benzene rings is 1. The summed E-state index contributed by atoms with van der Waals surface area (Å²) in [4.78, 5) is 29.8. The van der Waals surface area contributed by atoms with E-state index in [-0.39, 0.29) is 23.3 Å². The van der Waals surface area contributed by atoms with Gasteiger partial charge in [-0.3, -0.25) is 14.2 Å². The molecule has 7 heteroatoms. The van der Waals surface area contributed by atoms with Crippen LogP contribution >= 0.6 is 23.1 Å². The largest absolute Gasteiger partial charge is 0.353 e. The Morgan fingerprint density at radius 1 is 1.31 bits per heavy atom. The molecule has 1 N–H and O–H groups in total. The summed E-state index contributed by atoms with van der Waals surface area (Å²) in [6.45, 7) is 7.86. The second-order valence-corrected chi connectivity index (χ2v) is 8.26. The minimum absolute atomic E-state index is 0.0721. The van der Waals surface area contributed by atoms with E-state index in [0.717, 1.165) is 16.8 Å².